The van der Waals surface area contributed by atoms with E-state index in [1.807, 2.05) is 0 Å². The van der Waals surface area contributed by atoms with Crippen molar-refractivity contribution in [3.63, 3.8) is 0 Å². The van der Waals surface area contributed by atoms with Crippen molar-refractivity contribution in [3.05, 3.63) is 0 Å². The van der Waals surface area contributed by atoms with Crippen LogP contribution in [0.4, 0.5) is 0 Å². The number of hydrogen-bond acceptors (Lipinski definition) is 3. The van der Waals surface area contributed by atoms with Crippen LogP contribution >= 0.6 is 0 Å². The highest BCUT2D eigenvalue weighted by Gasteiger charge is 2.55. The molecule has 0 bridgehead atoms. The Morgan fingerprint density at radius 3 is 2.00 bits per heavy atom. The molecular weight excluding hydrogens is 288 g/mol. The molecule has 0 aromatic heterocycles. The molecule has 1 saturated carbocycles. The van der Waals surface area contributed by atoms with Crippen molar-refractivity contribution < 1.29 is 9.53 Å². The molecule has 2 aliphatic heterocycles. The Balaban J connectivity index is 1.68. The molecule has 2 saturated heterocycles. The van der Waals surface area contributed by atoms with E-state index in [1.54, 1.807) is 0 Å². The van der Waals surface area contributed by atoms with E-state index in [4.69, 9.17) is 4.74 Å². The summed E-state index contributed by atoms with van der Waals surface area (Å²) in [5, 5.41) is 6.62. The van der Waals surface area contributed by atoms with Crippen LogP contribution in [0, 0.1) is 5.92 Å². The van der Waals surface area contributed by atoms with Gasteiger partial charge in [0.15, 0.2) is 5.60 Å². The summed E-state index contributed by atoms with van der Waals surface area (Å²) >= 11 is 0. The van der Waals surface area contributed by atoms with Crippen LogP contribution in [0.5, 0.6) is 0 Å². The predicted molar refractivity (Wildman–Crippen MR) is 92.1 cm³/mol. The van der Waals surface area contributed by atoms with E-state index in [-0.39, 0.29) is 5.91 Å². The lowest BCUT2D eigenvalue weighted by Crippen LogP contribution is -2.48. The second-order valence-corrected chi connectivity index (χ2v) is 8.01. The average Bonchev–Trinajstić information content (AvgIpc) is 2.77. The molecule has 1 atom stereocenters. The van der Waals surface area contributed by atoms with Crippen LogP contribution in [-0.2, 0) is 9.53 Å². The van der Waals surface area contributed by atoms with Gasteiger partial charge in [0.1, 0.15) is 5.72 Å². The zero-order valence-electron chi connectivity index (χ0n) is 14.8. The Morgan fingerprint density at radius 1 is 0.913 bits per heavy atom. The Labute approximate surface area is 141 Å². The fraction of sp³-hybridized carbons (Fsp3) is 0.947. The van der Waals surface area contributed by atoms with Gasteiger partial charge in [-0.25, -0.2) is 0 Å². The van der Waals surface area contributed by atoms with Crippen molar-refractivity contribution in [2.75, 3.05) is 13.1 Å². The maximum atomic E-state index is 12.7. The van der Waals surface area contributed by atoms with Crippen molar-refractivity contribution in [1.82, 2.24) is 10.6 Å². The van der Waals surface area contributed by atoms with E-state index in [1.165, 1.54) is 64.2 Å². The number of carbonyl (C=O) groups excluding carboxylic acids is 1. The minimum atomic E-state index is -0.563. The van der Waals surface area contributed by atoms with Gasteiger partial charge in [0.05, 0.1) is 0 Å². The topological polar surface area (TPSA) is 50.4 Å². The Kier molecular flexibility index (Phi) is 5.63. The van der Waals surface area contributed by atoms with Gasteiger partial charge in [-0.3, -0.25) is 4.79 Å². The van der Waals surface area contributed by atoms with Gasteiger partial charge in [-0.2, -0.15) is 0 Å². The minimum Gasteiger partial charge on any atom is -0.339 e. The highest BCUT2D eigenvalue weighted by Crippen LogP contribution is 2.41. The van der Waals surface area contributed by atoms with Crippen molar-refractivity contribution in [2.24, 2.45) is 5.92 Å². The molecule has 132 valence electrons. The Hall–Kier alpha value is -0.610. The van der Waals surface area contributed by atoms with Crippen LogP contribution in [0.15, 0.2) is 0 Å². The zero-order chi connectivity index (χ0) is 16.2. The van der Waals surface area contributed by atoms with E-state index >= 15 is 0 Å². The Bertz CT molecular complexity index is 394. The first kappa shape index (κ1) is 17.2. The number of nitrogens with one attached hydrogen (secondary N) is 2. The largest absolute Gasteiger partial charge is 0.339 e. The molecule has 0 aromatic rings. The average molecular weight is 322 g/mol. The second kappa shape index (κ2) is 7.52. The van der Waals surface area contributed by atoms with Gasteiger partial charge >= 0.3 is 0 Å². The molecule has 4 heteroatoms. The molecule has 23 heavy (non-hydrogen) atoms. The smallest absolute Gasteiger partial charge is 0.254 e. The van der Waals surface area contributed by atoms with E-state index < -0.39 is 11.3 Å². The van der Waals surface area contributed by atoms with Crippen LogP contribution in [0.3, 0.4) is 0 Å². The number of piperidine rings is 1. The summed E-state index contributed by atoms with van der Waals surface area (Å²) in [5.74, 6) is 0.592. The SMILES string of the molecule is CC1(C2CCCCCCCCCC2)NC(=O)C2(CCNCC2)O1. The molecule has 1 aliphatic carbocycles. The first-order chi connectivity index (χ1) is 11.1. The lowest BCUT2D eigenvalue weighted by molar-refractivity contribution is -0.154. The number of carbonyl (C=O) groups is 1. The minimum absolute atomic E-state index is 0.135. The molecule has 1 spiro atoms. The van der Waals surface area contributed by atoms with Gasteiger partial charge in [-0.1, -0.05) is 51.4 Å². The van der Waals surface area contributed by atoms with Crippen LogP contribution in [0.2, 0.25) is 0 Å². The first-order valence-electron chi connectivity index (χ1n) is 9.88. The van der Waals surface area contributed by atoms with Gasteiger partial charge in [0.25, 0.3) is 5.91 Å². The maximum Gasteiger partial charge on any atom is 0.254 e. The lowest BCUT2D eigenvalue weighted by atomic mass is 9.86. The fourth-order valence-corrected chi connectivity index (χ4v) is 4.70. The monoisotopic (exact) mass is 322 g/mol. The summed E-state index contributed by atoms with van der Waals surface area (Å²) in [6.07, 6.45) is 14.7. The predicted octanol–water partition coefficient (Wildman–Crippen LogP) is 3.50. The van der Waals surface area contributed by atoms with Gasteiger partial charge in [-0.05, 0) is 45.7 Å². The quantitative estimate of drug-likeness (QED) is 0.777. The second-order valence-electron chi connectivity index (χ2n) is 8.01. The number of amides is 1. The molecular formula is C19H34N2O2. The summed E-state index contributed by atoms with van der Waals surface area (Å²) in [6, 6.07) is 0. The molecule has 0 aromatic carbocycles. The van der Waals surface area contributed by atoms with Gasteiger partial charge in [0.2, 0.25) is 0 Å². The molecule has 1 unspecified atom stereocenters. The van der Waals surface area contributed by atoms with Crippen LogP contribution in [0.1, 0.15) is 84.0 Å². The highest BCUT2D eigenvalue weighted by molar-refractivity contribution is 5.87. The molecule has 3 aliphatic rings. The summed E-state index contributed by atoms with van der Waals surface area (Å²) in [4.78, 5) is 12.7. The number of hydrogen-bond donors (Lipinski definition) is 2. The molecule has 0 radical (unpaired) electrons. The van der Waals surface area contributed by atoms with Crippen LogP contribution in [-0.4, -0.2) is 30.3 Å². The third kappa shape index (κ3) is 3.90. The third-order valence-corrected chi connectivity index (χ3v) is 6.23. The summed E-state index contributed by atoms with van der Waals surface area (Å²) in [7, 11) is 0. The van der Waals surface area contributed by atoms with Crippen LogP contribution < -0.4 is 10.6 Å². The molecule has 3 fully saturated rings. The molecule has 1 amide bonds. The van der Waals surface area contributed by atoms with Crippen LogP contribution in [0.25, 0.3) is 0 Å². The summed E-state index contributed by atoms with van der Waals surface area (Å²) < 4.78 is 6.53. The third-order valence-electron chi connectivity index (χ3n) is 6.23. The van der Waals surface area contributed by atoms with Crippen molar-refractivity contribution >= 4 is 5.91 Å². The van der Waals surface area contributed by atoms with Gasteiger partial charge in [0, 0.05) is 5.92 Å². The maximum absolute atomic E-state index is 12.7. The van der Waals surface area contributed by atoms with Crippen molar-refractivity contribution in [2.45, 2.75) is 95.3 Å². The first-order valence-corrected chi connectivity index (χ1v) is 9.88. The normalized spacial score (nSPS) is 34.0. The summed E-state index contributed by atoms with van der Waals surface area (Å²) in [5.41, 5.74) is -1.02. The molecule has 4 nitrogen and oxygen atoms in total. The Morgan fingerprint density at radius 2 is 1.43 bits per heavy atom. The number of ether oxygens (including phenoxy) is 1. The lowest BCUT2D eigenvalue weighted by Gasteiger charge is -2.37. The van der Waals surface area contributed by atoms with E-state index in [2.05, 4.69) is 17.6 Å². The summed E-state index contributed by atoms with van der Waals surface area (Å²) in [6.45, 7) is 3.90. The number of rotatable bonds is 1. The van der Waals surface area contributed by atoms with Crippen molar-refractivity contribution in [3.8, 4) is 0 Å². The van der Waals surface area contributed by atoms with Gasteiger partial charge < -0.3 is 15.4 Å². The zero-order valence-corrected chi connectivity index (χ0v) is 14.8. The van der Waals surface area contributed by atoms with Gasteiger partial charge in [-0.15, -0.1) is 0 Å². The highest BCUT2D eigenvalue weighted by atomic mass is 16.6. The molecule has 2 heterocycles. The van der Waals surface area contributed by atoms with E-state index in [9.17, 15) is 4.79 Å². The van der Waals surface area contributed by atoms with E-state index in [0.29, 0.717) is 5.92 Å². The van der Waals surface area contributed by atoms with Crippen molar-refractivity contribution in [1.29, 1.82) is 0 Å². The standard InChI is InChI=1S/C19H34N2O2/c1-18(16-10-8-6-4-2-3-5-7-9-11-16)21-17(22)19(23-18)12-14-20-15-13-19/h16,20H,2-15H2,1H3,(H,21,22). The van der Waals surface area contributed by atoms with E-state index in [0.717, 1.165) is 25.9 Å². The molecule has 2 N–H and O–H groups in total. The molecule has 3 rings (SSSR count). The fourth-order valence-electron chi connectivity index (χ4n) is 4.70.